The summed E-state index contributed by atoms with van der Waals surface area (Å²) in [6.07, 6.45) is 3.58. The summed E-state index contributed by atoms with van der Waals surface area (Å²) in [6, 6.07) is 7.87. The fourth-order valence-corrected chi connectivity index (χ4v) is 3.08. The normalized spacial score (nSPS) is 23.6. The Hall–Kier alpha value is -1.06. The summed E-state index contributed by atoms with van der Waals surface area (Å²) in [5, 5.41) is 7.25. The molecule has 1 aromatic rings. The van der Waals surface area contributed by atoms with Gasteiger partial charge in [0.1, 0.15) is 0 Å². The van der Waals surface area contributed by atoms with Crippen molar-refractivity contribution in [1.82, 2.24) is 10.6 Å². The Morgan fingerprint density at radius 3 is 2.85 bits per heavy atom. The number of hydrogen-bond donors (Lipinski definition) is 2. The highest BCUT2D eigenvalue weighted by molar-refractivity contribution is 6.31. The van der Waals surface area contributed by atoms with Crippen LogP contribution in [0.25, 0.3) is 0 Å². The van der Waals surface area contributed by atoms with E-state index in [1.165, 1.54) is 0 Å². The van der Waals surface area contributed by atoms with Crippen LogP contribution < -0.4 is 10.6 Å². The van der Waals surface area contributed by atoms with Crippen molar-refractivity contribution >= 4 is 17.5 Å². The van der Waals surface area contributed by atoms with Gasteiger partial charge in [-0.05, 0) is 50.8 Å². The lowest BCUT2D eigenvalue weighted by Crippen LogP contribution is -2.55. The molecule has 0 bridgehead atoms. The molecule has 1 aliphatic heterocycles. The van der Waals surface area contributed by atoms with E-state index in [1.807, 2.05) is 31.2 Å². The molecule has 0 radical (unpaired) electrons. The first-order chi connectivity index (χ1) is 9.57. The van der Waals surface area contributed by atoms with Crippen LogP contribution >= 0.6 is 11.6 Å². The number of hydrogen-bond acceptors (Lipinski definition) is 2. The topological polar surface area (TPSA) is 41.1 Å². The van der Waals surface area contributed by atoms with Crippen LogP contribution in [0.3, 0.4) is 0 Å². The van der Waals surface area contributed by atoms with Crippen molar-refractivity contribution in [3.05, 3.63) is 34.9 Å². The molecule has 1 aromatic carbocycles. The molecule has 1 heterocycles. The summed E-state index contributed by atoms with van der Waals surface area (Å²) in [7, 11) is 0. The van der Waals surface area contributed by atoms with Crippen LogP contribution in [0.5, 0.6) is 0 Å². The third-order valence-electron chi connectivity index (χ3n) is 4.14. The molecule has 0 aromatic heterocycles. The van der Waals surface area contributed by atoms with Gasteiger partial charge in [0.2, 0.25) is 5.91 Å². The van der Waals surface area contributed by atoms with E-state index < -0.39 is 0 Å². The fourth-order valence-electron chi connectivity index (χ4n) is 2.87. The van der Waals surface area contributed by atoms with Crippen molar-refractivity contribution in [2.75, 3.05) is 6.54 Å². The van der Waals surface area contributed by atoms with Crippen LogP contribution in [-0.4, -0.2) is 24.0 Å². The minimum atomic E-state index is -0.366. The molecule has 1 amide bonds. The van der Waals surface area contributed by atoms with Gasteiger partial charge in [0.15, 0.2) is 0 Å². The maximum atomic E-state index is 12.5. The van der Waals surface area contributed by atoms with Crippen LogP contribution in [0, 0.1) is 0 Å². The molecule has 4 heteroatoms. The maximum Gasteiger partial charge on any atom is 0.240 e. The minimum absolute atomic E-state index is 0.0771. The molecule has 3 nitrogen and oxygen atoms in total. The van der Waals surface area contributed by atoms with Gasteiger partial charge < -0.3 is 10.6 Å². The van der Waals surface area contributed by atoms with Crippen molar-refractivity contribution in [3.8, 4) is 0 Å². The second-order valence-electron chi connectivity index (χ2n) is 5.64. The molecule has 2 N–H and O–H groups in total. The molecule has 2 rings (SSSR count). The van der Waals surface area contributed by atoms with Crippen LogP contribution in [0.4, 0.5) is 0 Å². The Labute approximate surface area is 126 Å². The van der Waals surface area contributed by atoms with Gasteiger partial charge in [-0.3, -0.25) is 4.79 Å². The van der Waals surface area contributed by atoms with Gasteiger partial charge >= 0.3 is 0 Å². The molecule has 0 saturated carbocycles. The Kier molecular flexibility index (Phi) is 5.06. The zero-order valence-corrected chi connectivity index (χ0v) is 13.0. The number of carbonyl (C=O) groups excluding carboxylic acids is 1. The Bertz CT molecular complexity index is 469. The zero-order valence-electron chi connectivity index (χ0n) is 12.2. The van der Waals surface area contributed by atoms with E-state index in [0.717, 1.165) is 42.8 Å². The van der Waals surface area contributed by atoms with Gasteiger partial charge in [-0.1, -0.05) is 36.7 Å². The smallest absolute Gasteiger partial charge is 0.240 e. The lowest BCUT2D eigenvalue weighted by Gasteiger charge is -2.28. The van der Waals surface area contributed by atoms with Crippen LogP contribution in [0.15, 0.2) is 24.3 Å². The largest absolute Gasteiger partial charge is 0.352 e. The van der Waals surface area contributed by atoms with E-state index in [-0.39, 0.29) is 17.5 Å². The van der Waals surface area contributed by atoms with Crippen molar-refractivity contribution in [2.45, 2.75) is 51.1 Å². The van der Waals surface area contributed by atoms with Crippen LogP contribution in [-0.2, 0) is 11.2 Å². The third kappa shape index (κ3) is 3.33. The molecule has 110 valence electrons. The van der Waals surface area contributed by atoms with Crippen molar-refractivity contribution in [2.24, 2.45) is 0 Å². The summed E-state index contributed by atoms with van der Waals surface area (Å²) in [5.74, 6) is 0.122. The van der Waals surface area contributed by atoms with Gasteiger partial charge in [0, 0.05) is 11.1 Å². The Morgan fingerprint density at radius 2 is 2.25 bits per heavy atom. The first-order valence-corrected chi connectivity index (χ1v) is 7.74. The minimum Gasteiger partial charge on any atom is -0.352 e. The van der Waals surface area contributed by atoms with E-state index in [9.17, 15) is 4.79 Å². The second-order valence-corrected chi connectivity index (χ2v) is 6.04. The lowest BCUT2D eigenvalue weighted by atomic mass is 9.92. The maximum absolute atomic E-state index is 12.5. The molecule has 1 saturated heterocycles. The summed E-state index contributed by atoms with van der Waals surface area (Å²) >= 11 is 6.16. The van der Waals surface area contributed by atoms with Gasteiger partial charge in [-0.2, -0.15) is 0 Å². The zero-order chi connectivity index (χ0) is 14.6. The highest BCUT2D eigenvalue weighted by Crippen LogP contribution is 2.23. The third-order valence-corrected chi connectivity index (χ3v) is 4.51. The molecular formula is C16H23ClN2O. The average Bonchev–Trinajstić information content (AvgIpc) is 2.91. The molecule has 1 aliphatic rings. The van der Waals surface area contributed by atoms with E-state index in [1.54, 1.807) is 0 Å². The standard InChI is InChI=1S/C16H23ClN2O/c1-3-16(9-6-10-18-16)15(20)19-12(2)11-13-7-4-5-8-14(13)17/h4-5,7-8,12,18H,3,6,9-11H2,1-2H3,(H,19,20). The fraction of sp³-hybridized carbons (Fsp3) is 0.562. The molecule has 2 atom stereocenters. The summed E-state index contributed by atoms with van der Waals surface area (Å²) < 4.78 is 0. The number of amides is 1. The molecule has 0 spiro atoms. The Morgan fingerprint density at radius 1 is 1.50 bits per heavy atom. The molecule has 0 aliphatic carbocycles. The van der Waals surface area contributed by atoms with Crippen molar-refractivity contribution in [3.63, 3.8) is 0 Å². The average molecular weight is 295 g/mol. The van der Waals surface area contributed by atoms with E-state index >= 15 is 0 Å². The van der Waals surface area contributed by atoms with E-state index in [0.29, 0.717) is 0 Å². The molecule has 2 unspecified atom stereocenters. The first kappa shape index (κ1) is 15.3. The molecule has 1 fully saturated rings. The summed E-state index contributed by atoms with van der Waals surface area (Å²) in [6.45, 7) is 5.02. The number of carbonyl (C=O) groups is 1. The molecular weight excluding hydrogens is 272 g/mol. The highest BCUT2D eigenvalue weighted by Gasteiger charge is 2.39. The molecule has 20 heavy (non-hydrogen) atoms. The lowest BCUT2D eigenvalue weighted by molar-refractivity contribution is -0.127. The number of halogens is 1. The predicted octanol–water partition coefficient (Wildman–Crippen LogP) is 2.92. The summed E-state index contributed by atoms with van der Waals surface area (Å²) in [5.41, 5.74) is 0.710. The number of benzene rings is 1. The SMILES string of the molecule is CCC1(C(=O)NC(C)Cc2ccccc2Cl)CCCN1. The predicted molar refractivity (Wildman–Crippen MR) is 83.0 cm³/mol. The van der Waals surface area contributed by atoms with Gasteiger partial charge in [0.25, 0.3) is 0 Å². The van der Waals surface area contributed by atoms with E-state index in [2.05, 4.69) is 17.6 Å². The second kappa shape index (κ2) is 6.59. The first-order valence-electron chi connectivity index (χ1n) is 7.37. The highest BCUT2D eigenvalue weighted by atomic mass is 35.5. The number of nitrogens with one attached hydrogen (secondary N) is 2. The van der Waals surface area contributed by atoms with Gasteiger partial charge in [-0.15, -0.1) is 0 Å². The van der Waals surface area contributed by atoms with Crippen molar-refractivity contribution < 1.29 is 4.79 Å². The Balaban J connectivity index is 1.96. The van der Waals surface area contributed by atoms with Gasteiger partial charge in [0.05, 0.1) is 5.54 Å². The van der Waals surface area contributed by atoms with Crippen molar-refractivity contribution in [1.29, 1.82) is 0 Å². The quantitative estimate of drug-likeness (QED) is 0.877. The monoisotopic (exact) mass is 294 g/mol. The summed E-state index contributed by atoms with van der Waals surface area (Å²) in [4.78, 5) is 12.5. The van der Waals surface area contributed by atoms with Crippen LogP contribution in [0.2, 0.25) is 5.02 Å². The van der Waals surface area contributed by atoms with E-state index in [4.69, 9.17) is 11.6 Å². The van der Waals surface area contributed by atoms with Crippen LogP contribution in [0.1, 0.15) is 38.7 Å². The number of rotatable bonds is 5. The van der Waals surface area contributed by atoms with Gasteiger partial charge in [-0.25, -0.2) is 0 Å².